The lowest BCUT2D eigenvalue weighted by Gasteiger charge is -2.35. The Balaban J connectivity index is 1.78. The third-order valence-electron chi connectivity index (χ3n) is 3.94. The van der Waals surface area contributed by atoms with Gasteiger partial charge in [-0.2, -0.15) is 4.31 Å². The van der Waals surface area contributed by atoms with Gasteiger partial charge >= 0.3 is 0 Å². The summed E-state index contributed by atoms with van der Waals surface area (Å²) >= 11 is 9.35. The molecule has 3 rings (SSSR count). The Labute approximate surface area is 154 Å². The van der Waals surface area contributed by atoms with Crippen LogP contribution in [0.15, 0.2) is 51.8 Å². The highest BCUT2D eigenvalue weighted by Crippen LogP contribution is 2.29. The van der Waals surface area contributed by atoms with Gasteiger partial charge in [-0.3, -0.25) is 0 Å². The Bertz CT molecular complexity index is 855. The van der Waals surface area contributed by atoms with Crippen LogP contribution in [-0.2, 0) is 10.0 Å². The van der Waals surface area contributed by atoms with E-state index in [1.54, 1.807) is 30.3 Å². The van der Waals surface area contributed by atoms with E-state index in [2.05, 4.69) is 15.9 Å². The third-order valence-corrected chi connectivity index (χ3v) is 6.82. The molecule has 1 fully saturated rings. The van der Waals surface area contributed by atoms with Crippen molar-refractivity contribution in [3.05, 3.63) is 57.8 Å². The quantitative estimate of drug-likeness (QED) is 0.740. The first-order valence-corrected chi connectivity index (χ1v) is 9.95. The van der Waals surface area contributed by atoms with Crippen LogP contribution < -0.4 is 4.90 Å². The molecule has 24 heavy (non-hydrogen) atoms. The van der Waals surface area contributed by atoms with Gasteiger partial charge in [0.2, 0.25) is 10.0 Å². The van der Waals surface area contributed by atoms with Crippen molar-refractivity contribution in [2.75, 3.05) is 31.1 Å². The standard InChI is InChI=1S/C16H15BrClFN2O2S/c17-12-5-6-16(13(18)11-12)24(22,23)21-9-7-20(8-10-21)15-4-2-1-3-14(15)19/h1-6,11H,7-10H2. The van der Waals surface area contributed by atoms with E-state index in [0.717, 1.165) is 4.47 Å². The van der Waals surface area contributed by atoms with E-state index in [4.69, 9.17) is 11.6 Å². The maximum Gasteiger partial charge on any atom is 0.244 e. The number of sulfonamides is 1. The van der Waals surface area contributed by atoms with E-state index >= 15 is 0 Å². The molecule has 1 saturated heterocycles. The largest absolute Gasteiger partial charge is 0.367 e. The van der Waals surface area contributed by atoms with Crippen LogP contribution in [0.2, 0.25) is 5.02 Å². The summed E-state index contributed by atoms with van der Waals surface area (Å²) in [5.74, 6) is -0.301. The van der Waals surface area contributed by atoms with Crippen LogP contribution in [0, 0.1) is 5.82 Å². The molecule has 1 heterocycles. The number of benzene rings is 2. The van der Waals surface area contributed by atoms with Crippen LogP contribution in [0.1, 0.15) is 0 Å². The van der Waals surface area contributed by atoms with Gasteiger partial charge in [-0.15, -0.1) is 0 Å². The van der Waals surface area contributed by atoms with E-state index < -0.39 is 10.0 Å². The normalized spacial score (nSPS) is 16.4. The lowest BCUT2D eigenvalue weighted by Crippen LogP contribution is -2.48. The predicted octanol–water partition coefficient (Wildman–Crippen LogP) is 3.75. The summed E-state index contributed by atoms with van der Waals surface area (Å²) in [4.78, 5) is 1.94. The van der Waals surface area contributed by atoms with Crippen molar-refractivity contribution < 1.29 is 12.8 Å². The number of nitrogens with zero attached hydrogens (tertiary/aromatic N) is 2. The molecule has 0 saturated carbocycles. The molecule has 0 spiro atoms. The van der Waals surface area contributed by atoms with Gasteiger partial charge in [-0.1, -0.05) is 39.7 Å². The van der Waals surface area contributed by atoms with Crippen LogP contribution in [0.5, 0.6) is 0 Å². The van der Waals surface area contributed by atoms with Gasteiger partial charge in [-0.05, 0) is 30.3 Å². The van der Waals surface area contributed by atoms with E-state index in [1.807, 2.05) is 4.90 Å². The van der Waals surface area contributed by atoms with E-state index in [0.29, 0.717) is 18.8 Å². The molecule has 0 aromatic heterocycles. The Hall–Kier alpha value is -1.15. The fraction of sp³-hybridized carbons (Fsp3) is 0.250. The third kappa shape index (κ3) is 3.44. The van der Waals surface area contributed by atoms with Gasteiger partial charge in [0.25, 0.3) is 0 Å². The molecule has 0 bridgehead atoms. The topological polar surface area (TPSA) is 40.6 Å². The van der Waals surface area contributed by atoms with Crippen molar-refractivity contribution in [2.45, 2.75) is 4.90 Å². The molecule has 4 nitrogen and oxygen atoms in total. The molecular formula is C16H15BrClFN2O2S. The SMILES string of the molecule is O=S(=O)(c1ccc(Br)cc1Cl)N1CCN(c2ccccc2F)CC1. The molecule has 8 heteroatoms. The van der Waals surface area contributed by atoms with Crippen LogP contribution >= 0.6 is 27.5 Å². The number of para-hydroxylation sites is 1. The second-order valence-corrected chi connectivity index (χ2v) is 8.65. The average molecular weight is 434 g/mol. The Kier molecular flexibility index (Phi) is 5.15. The monoisotopic (exact) mass is 432 g/mol. The summed E-state index contributed by atoms with van der Waals surface area (Å²) in [6.45, 7) is 1.41. The van der Waals surface area contributed by atoms with Crippen LogP contribution in [0.3, 0.4) is 0 Å². The molecule has 0 N–H and O–H groups in total. The molecule has 0 aliphatic carbocycles. The molecule has 0 unspecified atom stereocenters. The maximum absolute atomic E-state index is 13.9. The van der Waals surface area contributed by atoms with Crippen molar-refractivity contribution >= 4 is 43.2 Å². The van der Waals surface area contributed by atoms with Gasteiger partial charge in [-0.25, -0.2) is 12.8 Å². The van der Waals surface area contributed by atoms with Gasteiger partial charge in [0.15, 0.2) is 0 Å². The molecule has 128 valence electrons. The van der Waals surface area contributed by atoms with Gasteiger partial charge in [0.05, 0.1) is 10.7 Å². The Morgan fingerprint density at radius 1 is 1.04 bits per heavy atom. The number of hydrogen-bond acceptors (Lipinski definition) is 3. The number of piperazine rings is 1. The van der Waals surface area contributed by atoms with Crippen LogP contribution in [0.4, 0.5) is 10.1 Å². The number of rotatable bonds is 3. The second kappa shape index (κ2) is 7.00. The van der Waals surface area contributed by atoms with Crippen molar-refractivity contribution in [3.63, 3.8) is 0 Å². The second-order valence-electron chi connectivity index (χ2n) is 5.42. The smallest absolute Gasteiger partial charge is 0.244 e. The summed E-state index contributed by atoms with van der Waals surface area (Å²) in [7, 11) is -3.67. The van der Waals surface area contributed by atoms with E-state index in [1.165, 1.54) is 16.4 Å². The predicted molar refractivity (Wildman–Crippen MR) is 96.5 cm³/mol. The molecule has 1 aliphatic heterocycles. The molecule has 2 aromatic rings. The minimum absolute atomic E-state index is 0.0895. The van der Waals surface area contributed by atoms with E-state index in [-0.39, 0.29) is 28.8 Å². The zero-order valence-electron chi connectivity index (χ0n) is 12.6. The fourth-order valence-corrected chi connectivity index (χ4v) is 5.13. The molecule has 0 amide bonds. The van der Waals surface area contributed by atoms with Gasteiger partial charge in [0, 0.05) is 30.7 Å². The van der Waals surface area contributed by atoms with Crippen molar-refractivity contribution in [1.82, 2.24) is 4.31 Å². The number of halogens is 3. The van der Waals surface area contributed by atoms with Crippen LogP contribution in [0.25, 0.3) is 0 Å². The van der Waals surface area contributed by atoms with Crippen molar-refractivity contribution in [3.8, 4) is 0 Å². The molecular weight excluding hydrogens is 419 g/mol. The minimum atomic E-state index is -3.67. The molecule has 0 radical (unpaired) electrons. The van der Waals surface area contributed by atoms with Gasteiger partial charge < -0.3 is 4.90 Å². The maximum atomic E-state index is 13.9. The Morgan fingerprint density at radius 2 is 1.71 bits per heavy atom. The van der Waals surface area contributed by atoms with Crippen LogP contribution in [-0.4, -0.2) is 38.9 Å². The lowest BCUT2D eigenvalue weighted by atomic mass is 10.2. The van der Waals surface area contributed by atoms with Gasteiger partial charge in [0.1, 0.15) is 10.7 Å². The first kappa shape index (κ1) is 17.7. The summed E-state index contributed by atoms with van der Waals surface area (Å²) in [5.41, 5.74) is 0.497. The molecule has 0 atom stereocenters. The number of anilines is 1. The zero-order chi connectivity index (χ0) is 17.3. The zero-order valence-corrected chi connectivity index (χ0v) is 15.8. The highest BCUT2D eigenvalue weighted by atomic mass is 79.9. The summed E-state index contributed by atoms with van der Waals surface area (Å²) in [6.07, 6.45) is 0. The average Bonchev–Trinajstić information content (AvgIpc) is 2.55. The van der Waals surface area contributed by atoms with E-state index in [9.17, 15) is 12.8 Å². The Morgan fingerprint density at radius 3 is 2.33 bits per heavy atom. The first-order chi connectivity index (χ1) is 11.4. The molecule has 2 aromatic carbocycles. The number of hydrogen-bond donors (Lipinski definition) is 0. The summed E-state index contributed by atoms with van der Waals surface area (Å²) in [6, 6.07) is 11.2. The highest BCUT2D eigenvalue weighted by molar-refractivity contribution is 9.10. The van der Waals surface area contributed by atoms with Crippen molar-refractivity contribution in [1.29, 1.82) is 0 Å². The first-order valence-electron chi connectivity index (χ1n) is 7.34. The lowest BCUT2D eigenvalue weighted by molar-refractivity contribution is 0.383. The molecule has 1 aliphatic rings. The summed E-state index contributed by atoms with van der Waals surface area (Å²) < 4.78 is 41.5. The fourth-order valence-electron chi connectivity index (χ4n) is 2.70. The van der Waals surface area contributed by atoms with Crippen molar-refractivity contribution in [2.24, 2.45) is 0 Å². The summed E-state index contributed by atoms with van der Waals surface area (Å²) in [5, 5.41) is 0.181. The minimum Gasteiger partial charge on any atom is -0.367 e. The highest BCUT2D eigenvalue weighted by Gasteiger charge is 2.30.